The molecule has 2 atom stereocenters. The fraction of sp³-hybridized carbons (Fsp3) is 0.929. The SMILES string of the molecule is CCNC(=NCC(C)(C)CN(C)C)NC1CC1C. The lowest BCUT2D eigenvalue weighted by Gasteiger charge is -2.26. The second-order valence-corrected chi connectivity index (χ2v) is 6.56. The summed E-state index contributed by atoms with van der Waals surface area (Å²) in [6.45, 7) is 11.7. The molecular formula is C14H30N4. The average molecular weight is 254 g/mol. The van der Waals surface area contributed by atoms with Crippen LogP contribution in [0.25, 0.3) is 0 Å². The standard InChI is InChI=1S/C14H30N4/c1-7-15-13(17-12-8-11(12)2)16-9-14(3,4)10-18(5)6/h11-12H,7-10H2,1-6H3,(H2,15,16,17). The molecule has 0 aliphatic heterocycles. The van der Waals surface area contributed by atoms with E-state index in [1.54, 1.807) is 0 Å². The molecule has 1 aliphatic carbocycles. The lowest BCUT2D eigenvalue weighted by molar-refractivity contribution is 0.248. The number of hydrogen-bond donors (Lipinski definition) is 2. The maximum Gasteiger partial charge on any atom is 0.191 e. The summed E-state index contributed by atoms with van der Waals surface area (Å²) < 4.78 is 0. The Bertz CT molecular complexity index is 284. The van der Waals surface area contributed by atoms with Crippen LogP contribution >= 0.6 is 0 Å². The molecule has 106 valence electrons. The van der Waals surface area contributed by atoms with Gasteiger partial charge in [0.1, 0.15) is 0 Å². The first-order valence-corrected chi connectivity index (χ1v) is 7.03. The molecule has 0 aromatic carbocycles. The van der Waals surface area contributed by atoms with Crippen molar-refractivity contribution < 1.29 is 0 Å². The van der Waals surface area contributed by atoms with E-state index in [1.807, 2.05) is 0 Å². The fourth-order valence-electron chi connectivity index (χ4n) is 2.22. The number of nitrogens with zero attached hydrogens (tertiary/aromatic N) is 2. The zero-order valence-corrected chi connectivity index (χ0v) is 12.9. The molecule has 0 amide bonds. The van der Waals surface area contributed by atoms with Gasteiger partial charge in [0.25, 0.3) is 0 Å². The number of nitrogens with one attached hydrogen (secondary N) is 2. The maximum absolute atomic E-state index is 4.72. The minimum absolute atomic E-state index is 0.209. The topological polar surface area (TPSA) is 39.7 Å². The summed E-state index contributed by atoms with van der Waals surface area (Å²) in [6.07, 6.45) is 1.27. The van der Waals surface area contributed by atoms with Crippen LogP contribution in [-0.4, -0.2) is 50.6 Å². The van der Waals surface area contributed by atoms with Gasteiger partial charge in [0.15, 0.2) is 5.96 Å². The second kappa shape index (κ2) is 6.41. The van der Waals surface area contributed by atoms with Crippen molar-refractivity contribution in [2.75, 3.05) is 33.7 Å². The molecule has 2 N–H and O–H groups in total. The zero-order valence-electron chi connectivity index (χ0n) is 12.9. The number of guanidine groups is 1. The molecule has 1 aliphatic rings. The number of rotatable bonds is 6. The van der Waals surface area contributed by atoms with Gasteiger partial charge in [-0.2, -0.15) is 0 Å². The van der Waals surface area contributed by atoms with E-state index in [0.717, 1.165) is 31.5 Å². The van der Waals surface area contributed by atoms with E-state index < -0.39 is 0 Å². The molecule has 0 saturated heterocycles. The van der Waals surface area contributed by atoms with Gasteiger partial charge in [0, 0.05) is 25.7 Å². The highest BCUT2D eigenvalue weighted by atomic mass is 15.2. The van der Waals surface area contributed by atoms with E-state index in [0.29, 0.717) is 6.04 Å². The lowest BCUT2D eigenvalue weighted by atomic mass is 9.93. The first kappa shape index (κ1) is 15.3. The van der Waals surface area contributed by atoms with E-state index in [1.165, 1.54) is 6.42 Å². The van der Waals surface area contributed by atoms with Gasteiger partial charge in [0.2, 0.25) is 0 Å². The molecule has 4 nitrogen and oxygen atoms in total. The van der Waals surface area contributed by atoms with Gasteiger partial charge in [-0.05, 0) is 38.8 Å². The fourth-order valence-corrected chi connectivity index (χ4v) is 2.22. The molecule has 0 bridgehead atoms. The van der Waals surface area contributed by atoms with Gasteiger partial charge in [-0.15, -0.1) is 0 Å². The van der Waals surface area contributed by atoms with E-state index >= 15 is 0 Å². The van der Waals surface area contributed by atoms with Crippen LogP contribution in [0, 0.1) is 11.3 Å². The Morgan fingerprint density at radius 1 is 1.39 bits per heavy atom. The normalized spacial score (nSPS) is 24.3. The summed E-state index contributed by atoms with van der Waals surface area (Å²) in [5.74, 6) is 1.77. The van der Waals surface area contributed by atoms with Crippen LogP contribution in [-0.2, 0) is 0 Å². The Labute approximate surface area is 112 Å². The van der Waals surface area contributed by atoms with Crippen LogP contribution in [0.15, 0.2) is 4.99 Å². The molecule has 0 heterocycles. The van der Waals surface area contributed by atoms with Crippen LogP contribution in [0.1, 0.15) is 34.1 Å². The van der Waals surface area contributed by atoms with E-state index in [9.17, 15) is 0 Å². The van der Waals surface area contributed by atoms with Crippen molar-refractivity contribution in [3.05, 3.63) is 0 Å². The molecule has 4 heteroatoms. The van der Waals surface area contributed by atoms with Gasteiger partial charge >= 0.3 is 0 Å². The predicted molar refractivity (Wildman–Crippen MR) is 79.0 cm³/mol. The van der Waals surface area contributed by atoms with E-state index in [-0.39, 0.29) is 5.41 Å². The molecule has 0 aromatic rings. The van der Waals surface area contributed by atoms with Crippen molar-refractivity contribution >= 4 is 5.96 Å². The molecule has 0 aromatic heterocycles. The Kier molecular flexibility index (Phi) is 5.45. The Morgan fingerprint density at radius 2 is 2.00 bits per heavy atom. The van der Waals surface area contributed by atoms with Crippen molar-refractivity contribution in [1.82, 2.24) is 15.5 Å². The smallest absolute Gasteiger partial charge is 0.191 e. The van der Waals surface area contributed by atoms with Crippen molar-refractivity contribution in [3.8, 4) is 0 Å². The van der Waals surface area contributed by atoms with Crippen LogP contribution in [0.3, 0.4) is 0 Å². The highest BCUT2D eigenvalue weighted by Crippen LogP contribution is 2.28. The summed E-state index contributed by atoms with van der Waals surface area (Å²) in [4.78, 5) is 6.94. The summed E-state index contributed by atoms with van der Waals surface area (Å²) in [6, 6.07) is 0.625. The Hall–Kier alpha value is -0.770. The second-order valence-electron chi connectivity index (χ2n) is 6.56. The highest BCUT2D eigenvalue weighted by Gasteiger charge is 2.33. The van der Waals surface area contributed by atoms with Crippen LogP contribution in [0.4, 0.5) is 0 Å². The molecule has 1 rings (SSSR count). The predicted octanol–water partition coefficient (Wildman–Crippen LogP) is 1.54. The third-order valence-corrected chi connectivity index (χ3v) is 3.19. The van der Waals surface area contributed by atoms with Crippen molar-refractivity contribution in [3.63, 3.8) is 0 Å². The molecule has 0 radical (unpaired) electrons. The third-order valence-electron chi connectivity index (χ3n) is 3.19. The Balaban J connectivity index is 2.47. The largest absolute Gasteiger partial charge is 0.357 e. The maximum atomic E-state index is 4.72. The van der Waals surface area contributed by atoms with E-state index in [4.69, 9.17) is 4.99 Å². The number of aliphatic imine (C=N–C) groups is 1. The van der Waals surface area contributed by atoms with Crippen LogP contribution in [0.2, 0.25) is 0 Å². The van der Waals surface area contributed by atoms with Crippen molar-refractivity contribution in [2.24, 2.45) is 16.3 Å². The molecule has 1 saturated carbocycles. The summed E-state index contributed by atoms with van der Waals surface area (Å²) >= 11 is 0. The quantitative estimate of drug-likeness (QED) is 0.558. The van der Waals surface area contributed by atoms with Gasteiger partial charge in [-0.1, -0.05) is 20.8 Å². The van der Waals surface area contributed by atoms with Crippen LogP contribution in [0.5, 0.6) is 0 Å². The monoisotopic (exact) mass is 254 g/mol. The van der Waals surface area contributed by atoms with Crippen LogP contribution < -0.4 is 10.6 Å². The number of hydrogen-bond acceptors (Lipinski definition) is 2. The zero-order chi connectivity index (χ0) is 13.8. The minimum Gasteiger partial charge on any atom is -0.357 e. The van der Waals surface area contributed by atoms with Gasteiger partial charge < -0.3 is 15.5 Å². The summed E-state index contributed by atoms with van der Waals surface area (Å²) in [5.41, 5.74) is 0.209. The first-order valence-electron chi connectivity index (χ1n) is 7.03. The Morgan fingerprint density at radius 3 is 2.44 bits per heavy atom. The molecule has 1 fully saturated rings. The average Bonchev–Trinajstić information content (AvgIpc) is 2.89. The molecule has 0 spiro atoms. The third kappa shape index (κ3) is 5.71. The first-order chi connectivity index (χ1) is 8.34. The molecular weight excluding hydrogens is 224 g/mol. The van der Waals surface area contributed by atoms with Crippen molar-refractivity contribution in [1.29, 1.82) is 0 Å². The van der Waals surface area contributed by atoms with Gasteiger partial charge in [-0.3, -0.25) is 4.99 Å². The summed E-state index contributed by atoms with van der Waals surface area (Å²) in [7, 11) is 4.22. The minimum atomic E-state index is 0.209. The molecule has 18 heavy (non-hydrogen) atoms. The van der Waals surface area contributed by atoms with E-state index in [2.05, 4.69) is 57.3 Å². The highest BCUT2D eigenvalue weighted by molar-refractivity contribution is 5.80. The molecule has 2 unspecified atom stereocenters. The van der Waals surface area contributed by atoms with Gasteiger partial charge in [-0.25, -0.2) is 0 Å². The van der Waals surface area contributed by atoms with Crippen molar-refractivity contribution in [2.45, 2.75) is 40.2 Å². The van der Waals surface area contributed by atoms with Gasteiger partial charge in [0.05, 0.1) is 0 Å². The lowest BCUT2D eigenvalue weighted by Crippen LogP contribution is -2.40. The summed E-state index contributed by atoms with van der Waals surface area (Å²) in [5, 5.41) is 6.82.